The van der Waals surface area contributed by atoms with Gasteiger partial charge < -0.3 is 10.1 Å². The molecule has 4 rings (SSSR count). The summed E-state index contributed by atoms with van der Waals surface area (Å²) in [7, 11) is 1.69. The molecular formula is C24H28N4O2. The summed E-state index contributed by atoms with van der Waals surface area (Å²) in [5.41, 5.74) is 5.28. The first-order valence-corrected chi connectivity index (χ1v) is 10.4. The van der Waals surface area contributed by atoms with Gasteiger partial charge in [0.15, 0.2) is 0 Å². The summed E-state index contributed by atoms with van der Waals surface area (Å²) in [5.74, 6) is 0.850. The Morgan fingerprint density at radius 3 is 2.53 bits per heavy atom. The average Bonchev–Trinajstić information content (AvgIpc) is 2.75. The molecule has 6 heteroatoms. The van der Waals surface area contributed by atoms with Gasteiger partial charge in [0.2, 0.25) is 0 Å². The molecule has 2 aromatic carbocycles. The molecule has 1 saturated heterocycles. The molecule has 30 heavy (non-hydrogen) atoms. The molecule has 6 nitrogen and oxygen atoms in total. The van der Waals surface area contributed by atoms with E-state index in [-0.39, 0.29) is 11.9 Å². The van der Waals surface area contributed by atoms with Crippen LogP contribution in [0.25, 0.3) is 11.0 Å². The number of hydrogen-bond donors (Lipinski definition) is 1. The van der Waals surface area contributed by atoms with Crippen molar-refractivity contribution in [2.24, 2.45) is 0 Å². The molecule has 3 aromatic rings. The van der Waals surface area contributed by atoms with Gasteiger partial charge in [0.25, 0.3) is 5.91 Å². The second kappa shape index (κ2) is 8.79. The number of ether oxygens (including phenoxy) is 1. The van der Waals surface area contributed by atoms with Crippen molar-refractivity contribution in [2.75, 3.05) is 20.2 Å². The number of nitrogens with one attached hydrogen (secondary N) is 1. The number of benzene rings is 2. The van der Waals surface area contributed by atoms with Crippen molar-refractivity contribution < 1.29 is 9.53 Å². The van der Waals surface area contributed by atoms with E-state index in [4.69, 9.17) is 4.74 Å². The zero-order valence-corrected chi connectivity index (χ0v) is 17.8. The summed E-state index contributed by atoms with van der Waals surface area (Å²) in [5, 5.41) is 3.19. The first-order chi connectivity index (χ1) is 14.5. The minimum Gasteiger partial charge on any atom is -0.497 e. The molecule has 0 spiro atoms. The average molecular weight is 405 g/mol. The van der Waals surface area contributed by atoms with Crippen molar-refractivity contribution >= 4 is 16.9 Å². The van der Waals surface area contributed by atoms with Crippen molar-refractivity contribution in [1.29, 1.82) is 0 Å². The van der Waals surface area contributed by atoms with E-state index in [1.54, 1.807) is 7.11 Å². The van der Waals surface area contributed by atoms with E-state index in [0.29, 0.717) is 5.56 Å². The molecule has 1 aliphatic heterocycles. The van der Waals surface area contributed by atoms with Crippen molar-refractivity contribution in [3.8, 4) is 5.75 Å². The molecule has 1 N–H and O–H groups in total. The number of methoxy groups -OCH3 is 1. The third-order valence-electron chi connectivity index (χ3n) is 5.80. The Bertz CT molecular complexity index is 1060. The van der Waals surface area contributed by atoms with Crippen LogP contribution >= 0.6 is 0 Å². The summed E-state index contributed by atoms with van der Waals surface area (Å²) in [4.78, 5) is 24.3. The van der Waals surface area contributed by atoms with Gasteiger partial charge >= 0.3 is 0 Å². The summed E-state index contributed by atoms with van der Waals surface area (Å²) in [6, 6.07) is 13.9. The van der Waals surface area contributed by atoms with Crippen LogP contribution in [0.3, 0.4) is 0 Å². The van der Waals surface area contributed by atoms with Crippen LogP contribution in [0, 0.1) is 13.8 Å². The summed E-state index contributed by atoms with van der Waals surface area (Å²) >= 11 is 0. The number of nitrogens with zero attached hydrogens (tertiary/aromatic N) is 3. The predicted octanol–water partition coefficient (Wildman–Crippen LogP) is 3.65. The maximum Gasteiger partial charge on any atom is 0.251 e. The van der Waals surface area contributed by atoms with Gasteiger partial charge in [-0.05, 0) is 62.6 Å². The lowest BCUT2D eigenvalue weighted by molar-refractivity contribution is 0.0909. The molecule has 0 saturated carbocycles. The Balaban J connectivity index is 1.34. The van der Waals surface area contributed by atoms with Gasteiger partial charge in [-0.1, -0.05) is 12.1 Å². The van der Waals surface area contributed by atoms with E-state index in [1.165, 1.54) is 5.56 Å². The van der Waals surface area contributed by atoms with Gasteiger partial charge in [0.1, 0.15) is 5.75 Å². The van der Waals surface area contributed by atoms with Crippen molar-refractivity contribution in [3.63, 3.8) is 0 Å². The SMILES string of the molecule is COc1cccc(CN2CCC(NC(=O)c3ccc4nc(C)c(C)nc4c3)CC2)c1. The molecular weight excluding hydrogens is 376 g/mol. The third kappa shape index (κ3) is 4.60. The maximum absolute atomic E-state index is 12.8. The summed E-state index contributed by atoms with van der Waals surface area (Å²) < 4.78 is 5.31. The van der Waals surface area contributed by atoms with E-state index in [1.807, 2.05) is 44.2 Å². The molecule has 1 aliphatic rings. The topological polar surface area (TPSA) is 67.3 Å². The number of hydrogen-bond acceptors (Lipinski definition) is 5. The zero-order chi connectivity index (χ0) is 21.1. The Labute approximate surface area is 177 Å². The molecule has 0 bridgehead atoms. The smallest absolute Gasteiger partial charge is 0.251 e. The quantitative estimate of drug-likeness (QED) is 0.703. The Hall–Kier alpha value is -2.99. The molecule has 1 aromatic heterocycles. The number of amides is 1. The van der Waals surface area contributed by atoms with Gasteiger partial charge in [-0.3, -0.25) is 9.69 Å². The van der Waals surface area contributed by atoms with Gasteiger partial charge in [-0.2, -0.15) is 0 Å². The highest BCUT2D eigenvalue weighted by molar-refractivity contribution is 5.97. The Morgan fingerprint density at radius 1 is 1.07 bits per heavy atom. The first-order valence-electron chi connectivity index (χ1n) is 10.4. The van der Waals surface area contributed by atoms with Crippen LogP contribution in [0.2, 0.25) is 0 Å². The van der Waals surface area contributed by atoms with Gasteiger partial charge in [-0.25, -0.2) is 9.97 Å². The molecule has 156 valence electrons. The van der Waals surface area contributed by atoms with Crippen molar-refractivity contribution in [2.45, 2.75) is 39.3 Å². The predicted molar refractivity (Wildman–Crippen MR) is 118 cm³/mol. The summed E-state index contributed by atoms with van der Waals surface area (Å²) in [6.45, 7) is 6.71. The van der Waals surface area contributed by atoms with Gasteiger partial charge in [0, 0.05) is 31.2 Å². The lowest BCUT2D eigenvalue weighted by Gasteiger charge is -2.32. The van der Waals surface area contributed by atoms with Crippen molar-refractivity contribution in [1.82, 2.24) is 20.2 Å². The molecule has 1 fully saturated rings. The number of likely N-dealkylation sites (tertiary alicyclic amines) is 1. The molecule has 0 unspecified atom stereocenters. The van der Waals surface area contributed by atoms with E-state index in [2.05, 4.69) is 32.3 Å². The second-order valence-electron chi connectivity index (χ2n) is 7.97. The van der Waals surface area contributed by atoms with Crippen LogP contribution in [-0.2, 0) is 6.54 Å². The van der Waals surface area contributed by atoms with Crippen LogP contribution in [0.4, 0.5) is 0 Å². The van der Waals surface area contributed by atoms with Crippen LogP contribution in [0.15, 0.2) is 42.5 Å². The molecule has 2 heterocycles. The largest absolute Gasteiger partial charge is 0.497 e. The number of carbonyl (C=O) groups is 1. The third-order valence-corrected chi connectivity index (χ3v) is 5.80. The van der Waals surface area contributed by atoms with E-state index in [9.17, 15) is 4.79 Å². The van der Waals surface area contributed by atoms with Crippen LogP contribution in [0.1, 0.15) is 40.2 Å². The minimum atomic E-state index is -0.0387. The fourth-order valence-electron chi connectivity index (χ4n) is 3.91. The number of fused-ring (bicyclic) bond motifs is 1. The molecule has 0 radical (unpaired) electrons. The molecule has 1 amide bonds. The number of piperidine rings is 1. The van der Waals surface area contributed by atoms with Crippen LogP contribution in [0.5, 0.6) is 5.75 Å². The lowest BCUT2D eigenvalue weighted by Crippen LogP contribution is -2.44. The van der Waals surface area contributed by atoms with Gasteiger partial charge in [0.05, 0.1) is 29.5 Å². The monoisotopic (exact) mass is 404 g/mol. The summed E-state index contributed by atoms with van der Waals surface area (Å²) in [6.07, 6.45) is 1.89. The number of aryl methyl sites for hydroxylation is 2. The first kappa shape index (κ1) is 20.3. The number of aromatic nitrogens is 2. The van der Waals surface area contributed by atoms with Crippen LogP contribution < -0.4 is 10.1 Å². The van der Waals surface area contributed by atoms with E-state index >= 15 is 0 Å². The normalized spacial score (nSPS) is 15.3. The van der Waals surface area contributed by atoms with Crippen molar-refractivity contribution in [3.05, 3.63) is 65.0 Å². The van der Waals surface area contributed by atoms with E-state index < -0.39 is 0 Å². The fraction of sp³-hybridized carbons (Fsp3) is 0.375. The zero-order valence-electron chi connectivity index (χ0n) is 17.8. The van der Waals surface area contributed by atoms with E-state index in [0.717, 1.165) is 60.6 Å². The molecule has 0 aliphatic carbocycles. The second-order valence-corrected chi connectivity index (χ2v) is 7.97. The highest BCUT2D eigenvalue weighted by atomic mass is 16.5. The highest BCUT2D eigenvalue weighted by Crippen LogP contribution is 2.19. The minimum absolute atomic E-state index is 0.0387. The highest BCUT2D eigenvalue weighted by Gasteiger charge is 2.21. The lowest BCUT2D eigenvalue weighted by atomic mass is 10.0. The fourth-order valence-corrected chi connectivity index (χ4v) is 3.91. The van der Waals surface area contributed by atoms with Crippen LogP contribution in [-0.4, -0.2) is 47.0 Å². The number of rotatable bonds is 5. The maximum atomic E-state index is 12.8. The Kier molecular flexibility index (Phi) is 5.95. The number of carbonyl (C=O) groups excluding carboxylic acids is 1. The molecule has 0 atom stereocenters. The van der Waals surface area contributed by atoms with Gasteiger partial charge in [-0.15, -0.1) is 0 Å². The Morgan fingerprint density at radius 2 is 1.80 bits per heavy atom. The standard InChI is InChI=1S/C24H28N4O2/c1-16-17(2)26-23-14-19(7-8-22(23)25-16)24(29)27-20-9-11-28(12-10-20)15-18-5-4-6-21(13-18)30-3/h4-8,13-14,20H,9-12,15H2,1-3H3,(H,27,29).